The molecule has 0 aliphatic heterocycles. The minimum Gasteiger partial charge on any atom is -0.389 e. The van der Waals surface area contributed by atoms with E-state index in [0.717, 1.165) is 23.6 Å². The fraction of sp³-hybridized carbons (Fsp3) is 0.500. The summed E-state index contributed by atoms with van der Waals surface area (Å²) in [6, 6.07) is 0. The van der Waals surface area contributed by atoms with Crippen LogP contribution in [0.2, 0.25) is 0 Å². The van der Waals surface area contributed by atoms with E-state index in [1.807, 2.05) is 20.9 Å². The van der Waals surface area contributed by atoms with Gasteiger partial charge < -0.3 is 11.1 Å². The standard InChI is InChI=1S/C8H14N4S/c1-4-10-8-6(7(9)13)5(2)11-12(8)3/h10H,4H2,1-3H3,(H2,9,13). The summed E-state index contributed by atoms with van der Waals surface area (Å²) in [5, 5.41) is 7.42. The van der Waals surface area contributed by atoms with Crippen molar-refractivity contribution in [3.63, 3.8) is 0 Å². The van der Waals surface area contributed by atoms with Crippen molar-refractivity contribution in [3.05, 3.63) is 11.3 Å². The maximum absolute atomic E-state index is 5.60. The van der Waals surface area contributed by atoms with E-state index < -0.39 is 0 Å². The highest BCUT2D eigenvalue weighted by atomic mass is 32.1. The molecule has 0 amide bonds. The number of rotatable bonds is 3. The van der Waals surface area contributed by atoms with Gasteiger partial charge in [-0.25, -0.2) is 0 Å². The van der Waals surface area contributed by atoms with Gasteiger partial charge in [-0.05, 0) is 13.8 Å². The molecule has 0 bridgehead atoms. The van der Waals surface area contributed by atoms with Crippen LogP contribution in [0.5, 0.6) is 0 Å². The summed E-state index contributed by atoms with van der Waals surface area (Å²) < 4.78 is 1.76. The van der Waals surface area contributed by atoms with Crippen molar-refractivity contribution >= 4 is 23.0 Å². The van der Waals surface area contributed by atoms with Gasteiger partial charge in [0.25, 0.3) is 0 Å². The summed E-state index contributed by atoms with van der Waals surface area (Å²) in [4.78, 5) is 0.390. The molecule has 0 fully saturated rings. The molecule has 0 spiro atoms. The topological polar surface area (TPSA) is 55.9 Å². The third-order valence-electron chi connectivity index (χ3n) is 1.81. The Bertz CT molecular complexity index is 329. The number of hydrogen-bond donors (Lipinski definition) is 2. The molecule has 0 aliphatic rings. The largest absolute Gasteiger partial charge is 0.389 e. The minimum absolute atomic E-state index is 0.390. The van der Waals surface area contributed by atoms with E-state index in [2.05, 4.69) is 10.4 Å². The van der Waals surface area contributed by atoms with Crippen LogP contribution in [0.3, 0.4) is 0 Å². The molecule has 1 aromatic heterocycles. The van der Waals surface area contributed by atoms with Gasteiger partial charge >= 0.3 is 0 Å². The average molecular weight is 198 g/mol. The molecule has 0 atom stereocenters. The number of nitrogens with zero attached hydrogens (tertiary/aromatic N) is 2. The van der Waals surface area contributed by atoms with Crippen LogP contribution in [-0.4, -0.2) is 21.3 Å². The molecule has 13 heavy (non-hydrogen) atoms. The summed E-state index contributed by atoms with van der Waals surface area (Å²) in [5.74, 6) is 0.896. The fourth-order valence-electron chi connectivity index (χ4n) is 1.32. The Morgan fingerprint density at radius 3 is 2.77 bits per heavy atom. The zero-order chi connectivity index (χ0) is 10.0. The SMILES string of the molecule is CCNc1c(C(N)=S)c(C)nn1C. The summed E-state index contributed by atoms with van der Waals surface area (Å²) in [6.45, 7) is 4.75. The van der Waals surface area contributed by atoms with Gasteiger partial charge in [0.1, 0.15) is 10.8 Å². The van der Waals surface area contributed by atoms with Crippen molar-refractivity contribution < 1.29 is 0 Å². The van der Waals surface area contributed by atoms with Crippen molar-refractivity contribution in [2.45, 2.75) is 13.8 Å². The lowest BCUT2D eigenvalue weighted by molar-refractivity contribution is 0.760. The molecule has 1 rings (SSSR count). The van der Waals surface area contributed by atoms with Gasteiger partial charge in [-0.3, -0.25) is 4.68 Å². The minimum atomic E-state index is 0.390. The molecule has 0 radical (unpaired) electrons. The van der Waals surface area contributed by atoms with Gasteiger partial charge in [0.15, 0.2) is 0 Å². The Kier molecular flexibility index (Phi) is 2.87. The molecule has 0 unspecified atom stereocenters. The summed E-state index contributed by atoms with van der Waals surface area (Å²) >= 11 is 4.95. The number of thiocarbonyl (C=S) groups is 1. The Balaban J connectivity index is 3.20. The van der Waals surface area contributed by atoms with Gasteiger partial charge in [0, 0.05) is 13.6 Å². The first-order valence-corrected chi connectivity index (χ1v) is 4.56. The second kappa shape index (κ2) is 3.74. The quantitative estimate of drug-likeness (QED) is 0.705. The van der Waals surface area contributed by atoms with Crippen molar-refractivity contribution in [2.24, 2.45) is 12.8 Å². The lowest BCUT2D eigenvalue weighted by atomic mass is 10.2. The zero-order valence-corrected chi connectivity index (χ0v) is 8.90. The van der Waals surface area contributed by atoms with Crippen LogP contribution in [-0.2, 0) is 7.05 Å². The predicted molar refractivity (Wildman–Crippen MR) is 58.0 cm³/mol. The number of aryl methyl sites for hydroxylation is 2. The third kappa shape index (κ3) is 1.80. The summed E-state index contributed by atoms with van der Waals surface area (Å²) in [6.07, 6.45) is 0. The van der Waals surface area contributed by atoms with Crippen LogP contribution in [0, 0.1) is 6.92 Å². The van der Waals surface area contributed by atoms with Crippen LogP contribution in [0.4, 0.5) is 5.82 Å². The molecule has 5 heteroatoms. The van der Waals surface area contributed by atoms with Gasteiger partial charge in [-0.2, -0.15) is 5.10 Å². The second-order valence-corrected chi connectivity index (χ2v) is 3.27. The molecule has 72 valence electrons. The van der Waals surface area contributed by atoms with Gasteiger partial charge in [-0.15, -0.1) is 0 Å². The molecule has 1 aromatic rings. The molecular weight excluding hydrogens is 184 g/mol. The maximum atomic E-state index is 5.60. The monoisotopic (exact) mass is 198 g/mol. The van der Waals surface area contributed by atoms with Crippen LogP contribution < -0.4 is 11.1 Å². The smallest absolute Gasteiger partial charge is 0.134 e. The maximum Gasteiger partial charge on any atom is 0.134 e. The molecule has 3 N–H and O–H groups in total. The fourth-order valence-corrected chi connectivity index (χ4v) is 1.57. The average Bonchev–Trinajstić information content (AvgIpc) is 2.27. The molecule has 0 aromatic carbocycles. The first-order valence-electron chi connectivity index (χ1n) is 4.15. The Morgan fingerprint density at radius 1 is 1.69 bits per heavy atom. The van der Waals surface area contributed by atoms with Crippen LogP contribution >= 0.6 is 12.2 Å². The highest BCUT2D eigenvalue weighted by molar-refractivity contribution is 7.80. The van der Waals surface area contributed by atoms with Gasteiger partial charge in [0.2, 0.25) is 0 Å². The van der Waals surface area contributed by atoms with Crippen LogP contribution in [0.15, 0.2) is 0 Å². The van der Waals surface area contributed by atoms with Gasteiger partial charge in [0.05, 0.1) is 11.3 Å². The van der Waals surface area contributed by atoms with E-state index in [9.17, 15) is 0 Å². The third-order valence-corrected chi connectivity index (χ3v) is 2.02. The highest BCUT2D eigenvalue weighted by Gasteiger charge is 2.13. The number of anilines is 1. The normalized spacial score (nSPS) is 10.1. The van der Waals surface area contributed by atoms with Crippen molar-refractivity contribution in [2.75, 3.05) is 11.9 Å². The lowest BCUT2D eigenvalue weighted by Crippen LogP contribution is -2.14. The molecule has 0 saturated carbocycles. The summed E-state index contributed by atoms with van der Waals surface area (Å²) in [5.41, 5.74) is 7.31. The Hall–Kier alpha value is -1.10. The Labute approximate surface area is 83.1 Å². The summed E-state index contributed by atoms with van der Waals surface area (Å²) in [7, 11) is 1.87. The van der Waals surface area contributed by atoms with Crippen molar-refractivity contribution in [1.82, 2.24) is 9.78 Å². The van der Waals surface area contributed by atoms with E-state index in [1.54, 1.807) is 4.68 Å². The van der Waals surface area contributed by atoms with E-state index >= 15 is 0 Å². The van der Waals surface area contributed by atoms with Crippen molar-refractivity contribution in [1.29, 1.82) is 0 Å². The molecule has 1 heterocycles. The highest BCUT2D eigenvalue weighted by Crippen LogP contribution is 2.17. The number of nitrogens with two attached hydrogens (primary N) is 1. The molecular formula is C8H14N4S. The van der Waals surface area contributed by atoms with E-state index in [4.69, 9.17) is 18.0 Å². The van der Waals surface area contributed by atoms with Crippen LogP contribution in [0.25, 0.3) is 0 Å². The van der Waals surface area contributed by atoms with Gasteiger partial charge in [-0.1, -0.05) is 12.2 Å². The molecule has 0 saturated heterocycles. The zero-order valence-electron chi connectivity index (χ0n) is 8.09. The first kappa shape index (κ1) is 9.98. The van der Waals surface area contributed by atoms with E-state index in [-0.39, 0.29) is 0 Å². The van der Waals surface area contributed by atoms with E-state index in [0.29, 0.717) is 4.99 Å². The van der Waals surface area contributed by atoms with Crippen molar-refractivity contribution in [3.8, 4) is 0 Å². The Morgan fingerprint density at radius 2 is 2.31 bits per heavy atom. The molecule has 4 nitrogen and oxygen atoms in total. The second-order valence-electron chi connectivity index (χ2n) is 2.83. The van der Waals surface area contributed by atoms with Crippen LogP contribution in [0.1, 0.15) is 18.2 Å². The number of nitrogens with one attached hydrogen (secondary N) is 1. The lowest BCUT2D eigenvalue weighted by Gasteiger charge is -2.05. The molecule has 0 aliphatic carbocycles. The number of hydrogen-bond acceptors (Lipinski definition) is 3. The predicted octanol–water partition coefficient (Wildman–Crippen LogP) is 0.795. The number of aromatic nitrogens is 2. The van der Waals surface area contributed by atoms with E-state index in [1.165, 1.54) is 0 Å². The first-order chi connectivity index (χ1) is 6.07.